The molecule has 0 bridgehead atoms. The molecule has 0 saturated carbocycles. The number of carbonyl (C=O) groups excluding carboxylic acids is 3. The summed E-state index contributed by atoms with van der Waals surface area (Å²) < 4.78 is 0. The Hall–Kier alpha value is -2.37. The molecule has 1 aliphatic heterocycles. The van der Waals surface area contributed by atoms with Gasteiger partial charge in [-0.25, -0.2) is 4.79 Å². The van der Waals surface area contributed by atoms with Crippen molar-refractivity contribution in [3.8, 4) is 0 Å². The molecule has 0 aromatic heterocycles. The standard InChI is InChI=1S/C17H23N3O3/c1-4-17(13-8-6-5-7-9-13)15(22)20(16(23)19-17)11-14(21)18-10-12(2)3/h5-9,12H,4,10-11H2,1-3H3,(H,18,21)(H,19,23)/t17-/m0/s1. The normalized spacial score (nSPS) is 20.8. The molecule has 4 amide bonds. The highest BCUT2D eigenvalue weighted by atomic mass is 16.2. The minimum Gasteiger partial charge on any atom is -0.354 e. The third-order valence-electron chi connectivity index (χ3n) is 3.98. The van der Waals surface area contributed by atoms with Gasteiger partial charge in [0.15, 0.2) is 0 Å². The minimum atomic E-state index is -1.09. The van der Waals surface area contributed by atoms with Crippen LogP contribution in [0.1, 0.15) is 32.8 Å². The summed E-state index contributed by atoms with van der Waals surface area (Å²) in [6.07, 6.45) is 0.422. The monoisotopic (exact) mass is 317 g/mol. The molecule has 2 N–H and O–H groups in total. The average molecular weight is 317 g/mol. The zero-order valence-corrected chi connectivity index (χ0v) is 13.8. The van der Waals surface area contributed by atoms with Crippen LogP contribution in [0.25, 0.3) is 0 Å². The Balaban J connectivity index is 2.17. The molecule has 1 aromatic rings. The molecular weight excluding hydrogens is 294 g/mol. The van der Waals surface area contributed by atoms with Crippen LogP contribution in [0.4, 0.5) is 4.79 Å². The van der Waals surface area contributed by atoms with Gasteiger partial charge in [-0.1, -0.05) is 51.1 Å². The maximum atomic E-state index is 12.8. The molecule has 0 unspecified atom stereocenters. The molecule has 124 valence electrons. The fourth-order valence-corrected chi connectivity index (χ4v) is 2.65. The Kier molecular flexibility index (Phi) is 5.03. The topological polar surface area (TPSA) is 78.5 Å². The van der Waals surface area contributed by atoms with E-state index < -0.39 is 11.6 Å². The van der Waals surface area contributed by atoms with Gasteiger partial charge in [-0.15, -0.1) is 0 Å². The predicted molar refractivity (Wildman–Crippen MR) is 86.5 cm³/mol. The van der Waals surface area contributed by atoms with Crippen molar-refractivity contribution in [3.63, 3.8) is 0 Å². The van der Waals surface area contributed by atoms with Crippen LogP contribution in [0, 0.1) is 5.92 Å². The summed E-state index contributed by atoms with van der Waals surface area (Å²) in [6.45, 7) is 6.05. The lowest BCUT2D eigenvalue weighted by atomic mass is 9.87. The molecule has 1 saturated heterocycles. The molecule has 6 heteroatoms. The minimum absolute atomic E-state index is 0.258. The number of carbonyl (C=O) groups is 3. The lowest BCUT2D eigenvalue weighted by molar-refractivity contribution is -0.135. The molecule has 6 nitrogen and oxygen atoms in total. The first-order valence-electron chi connectivity index (χ1n) is 7.87. The maximum Gasteiger partial charge on any atom is 0.325 e. The molecule has 0 radical (unpaired) electrons. The number of nitrogens with one attached hydrogen (secondary N) is 2. The van der Waals surface area contributed by atoms with Gasteiger partial charge in [-0.2, -0.15) is 0 Å². The first-order chi connectivity index (χ1) is 10.9. The largest absolute Gasteiger partial charge is 0.354 e. The van der Waals surface area contributed by atoms with Gasteiger partial charge < -0.3 is 10.6 Å². The van der Waals surface area contributed by atoms with Crippen molar-refractivity contribution in [2.75, 3.05) is 13.1 Å². The number of urea groups is 1. The zero-order chi connectivity index (χ0) is 17.0. The number of amides is 4. The molecule has 0 aliphatic carbocycles. The van der Waals surface area contributed by atoms with Gasteiger partial charge >= 0.3 is 6.03 Å². The van der Waals surface area contributed by atoms with Crippen LogP contribution in [-0.4, -0.2) is 35.8 Å². The predicted octanol–water partition coefficient (Wildman–Crippen LogP) is 1.62. The summed E-state index contributed by atoms with van der Waals surface area (Å²) in [6, 6.07) is 8.59. The number of hydrogen-bond donors (Lipinski definition) is 2. The first kappa shape index (κ1) is 17.0. The number of hydrogen-bond acceptors (Lipinski definition) is 3. The van der Waals surface area contributed by atoms with Crippen LogP contribution in [0.5, 0.6) is 0 Å². The van der Waals surface area contributed by atoms with E-state index in [0.717, 1.165) is 10.5 Å². The highest BCUT2D eigenvalue weighted by Gasteiger charge is 2.51. The Morgan fingerprint density at radius 3 is 2.48 bits per heavy atom. The van der Waals surface area contributed by atoms with E-state index in [2.05, 4.69) is 10.6 Å². The van der Waals surface area contributed by atoms with Crippen molar-refractivity contribution < 1.29 is 14.4 Å². The van der Waals surface area contributed by atoms with Gasteiger partial charge in [-0.05, 0) is 17.9 Å². The fraction of sp³-hybridized carbons (Fsp3) is 0.471. The Bertz CT molecular complexity index is 600. The van der Waals surface area contributed by atoms with E-state index in [9.17, 15) is 14.4 Å². The second kappa shape index (κ2) is 6.81. The SMILES string of the molecule is CC[C@@]1(c2ccccc2)NC(=O)N(CC(=O)NCC(C)C)C1=O. The molecule has 1 aromatic carbocycles. The van der Waals surface area contributed by atoms with Crippen molar-refractivity contribution in [3.05, 3.63) is 35.9 Å². The number of imide groups is 1. The van der Waals surface area contributed by atoms with E-state index in [1.165, 1.54) is 0 Å². The van der Waals surface area contributed by atoms with Gasteiger partial charge in [0.1, 0.15) is 12.1 Å². The van der Waals surface area contributed by atoms with Crippen LogP contribution in [-0.2, 0) is 15.1 Å². The lowest BCUT2D eigenvalue weighted by Crippen LogP contribution is -2.45. The zero-order valence-electron chi connectivity index (χ0n) is 13.8. The number of rotatable bonds is 6. The first-order valence-corrected chi connectivity index (χ1v) is 7.87. The molecule has 23 heavy (non-hydrogen) atoms. The van der Waals surface area contributed by atoms with Gasteiger partial charge in [0, 0.05) is 6.54 Å². The van der Waals surface area contributed by atoms with Gasteiger partial charge in [-0.3, -0.25) is 14.5 Å². The molecule has 2 rings (SSSR count). The van der Waals surface area contributed by atoms with E-state index >= 15 is 0 Å². The molecule has 1 fully saturated rings. The van der Waals surface area contributed by atoms with Crippen LogP contribution in [0.2, 0.25) is 0 Å². The van der Waals surface area contributed by atoms with E-state index in [-0.39, 0.29) is 18.4 Å². The summed E-state index contributed by atoms with van der Waals surface area (Å²) in [5.74, 6) is -0.404. The fourth-order valence-electron chi connectivity index (χ4n) is 2.65. The highest BCUT2D eigenvalue weighted by molar-refractivity contribution is 6.09. The number of benzene rings is 1. The second-order valence-electron chi connectivity index (χ2n) is 6.14. The van der Waals surface area contributed by atoms with Crippen molar-refractivity contribution in [2.24, 2.45) is 5.92 Å². The lowest BCUT2D eigenvalue weighted by Gasteiger charge is -2.25. The quantitative estimate of drug-likeness (QED) is 0.783. The maximum absolute atomic E-state index is 12.8. The average Bonchev–Trinajstić information content (AvgIpc) is 2.79. The summed E-state index contributed by atoms with van der Waals surface area (Å²) in [7, 11) is 0. The van der Waals surface area contributed by atoms with Crippen LogP contribution >= 0.6 is 0 Å². The van der Waals surface area contributed by atoms with E-state index in [1.807, 2.05) is 51.1 Å². The number of nitrogens with zero attached hydrogens (tertiary/aromatic N) is 1. The van der Waals surface area contributed by atoms with Crippen molar-refractivity contribution >= 4 is 17.8 Å². The van der Waals surface area contributed by atoms with Crippen LogP contribution < -0.4 is 10.6 Å². The smallest absolute Gasteiger partial charge is 0.325 e. The van der Waals surface area contributed by atoms with E-state index in [0.29, 0.717) is 18.9 Å². The van der Waals surface area contributed by atoms with Gasteiger partial charge in [0.25, 0.3) is 5.91 Å². The summed E-state index contributed by atoms with van der Waals surface area (Å²) in [5.41, 5.74) is -0.359. The van der Waals surface area contributed by atoms with Crippen molar-refractivity contribution in [1.29, 1.82) is 0 Å². The van der Waals surface area contributed by atoms with Crippen LogP contribution in [0.3, 0.4) is 0 Å². The Morgan fingerprint density at radius 1 is 1.26 bits per heavy atom. The molecule has 1 heterocycles. The third kappa shape index (κ3) is 3.36. The molecule has 1 aliphatic rings. The third-order valence-corrected chi connectivity index (χ3v) is 3.98. The second-order valence-corrected chi connectivity index (χ2v) is 6.14. The van der Waals surface area contributed by atoms with Gasteiger partial charge in [0.2, 0.25) is 5.91 Å². The van der Waals surface area contributed by atoms with E-state index in [1.54, 1.807) is 0 Å². The summed E-state index contributed by atoms with van der Waals surface area (Å²) in [4.78, 5) is 38.0. The highest BCUT2D eigenvalue weighted by Crippen LogP contribution is 2.32. The summed E-state index contributed by atoms with van der Waals surface area (Å²) >= 11 is 0. The summed E-state index contributed by atoms with van der Waals surface area (Å²) in [5, 5.41) is 5.48. The van der Waals surface area contributed by atoms with Crippen molar-refractivity contribution in [2.45, 2.75) is 32.7 Å². The van der Waals surface area contributed by atoms with Gasteiger partial charge in [0.05, 0.1) is 0 Å². The van der Waals surface area contributed by atoms with Crippen LogP contribution in [0.15, 0.2) is 30.3 Å². The molecule has 1 atom stereocenters. The molecule has 0 spiro atoms. The van der Waals surface area contributed by atoms with E-state index in [4.69, 9.17) is 0 Å². The Labute approximate surface area is 136 Å². The van der Waals surface area contributed by atoms with Crippen molar-refractivity contribution in [1.82, 2.24) is 15.5 Å². The molecular formula is C17H23N3O3. The Morgan fingerprint density at radius 2 is 1.91 bits per heavy atom.